The van der Waals surface area contributed by atoms with Gasteiger partial charge in [-0.25, -0.2) is 9.97 Å². The van der Waals surface area contributed by atoms with E-state index in [2.05, 4.69) is 15.3 Å². The topological polar surface area (TPSA) is 59.8 Å². The molecule has 5 nitrogen and oxygen atoms in total. The molecule has 0 fully saturated rings. The van der Waals surface area contributed by atoms with Gasteiger partial charge in [0.2, 0.25) is 5.91 Å². The Morgan fingerprint density at radius 1 is 1.21 bits per heavy atom. The van der Waals surface area contributed by atoms with E-state index in [-0.39, 0.29) is 17.7 Å². The third kappa shape index (κ3) is 5.39. The number of aromatic nitrogens is 3. The maximum atomic E-state index is 13.2. The summed E-state index contributed by atoms with van der Waals surface area (Å²) >= 11 is 2.67. The Kier molecular flexibility index (Phi) is 7.04. The molecule has 0 bridgehead atoms. The number of amides is 1. The number of carbonyl (C=O) groups excluding carboxylic acids is 1. The minimum Gasteiger partial charge on any atom is -0.342 e. The second-order valence-electron chi connectivity index (χ2n) is 7.32. The van der Waals surface area contributed by atoms with Crippen LogP contribution in [-0.4, -0.2) is 26.2 Å². The number of hydrogen-bond acceptors (Lipinski definition) is 5. The lowest BCUT2D eigenvalue weighted by Gasteiger charge is -2.17. The van der Waals surface area contributed by atoms with Crippen molar-refractivity contribution in [1.82, 2.24) is 19.9 Å². The molecule has 0 spiro atoms. The lowest BCUT2D eigenvalue weighted by molar-refractivity contribution is -0.137. The Balaban J connectivity index is 1.53. The highest BCUT2D eigenvalue weighted by Gasteiger charge is 2.31. The van der Waals surface area contributed by atoms with E-state index in [1.165, 1.54) is 29.2 Å². The van der Waals surface area contributed by atoms with Crippen LogP contribution in [0.15, 0.2) is 65.3 Å². The van der Waals surface area contributed by atoms with Crippen LogP contribution in [0.3, 0.4) is 0 Å². The summed E-state index contributed by atoms with van der Waals surface area (Å²) in [4.78, 5) is 21.7. The molecule has 4 aromatic rings. The number of alkyl halides is 3. The fraction of sp³-hybridized carbons (Fsp3) is 0.261. The molecule has 1 atom stereocenters. The maximum Gasteiger partial charge on any atom is 0.416 e. The van der Waals surface area contributed by atoms with Crippen molar-refractivity contribution in [3.63, 3.8) is 0 Å². The SMILES string of the molecule is CCCn1c(SCC(=O)NC(c2ccccc2)c2nccs2)nc2ccc(C(F)(F)F)cc21. The number of benzene rings is 2. The third-order valence-corrected chi connectivity index (χ3v) is 6.77. The Morgan fingerprint density at radius 3 is 2.67 bits per heavy atom. The second kappa shape index (κ2) is 9.96. The minimum atomic E-state index is -4.43. The molecule has 0 aliphatic rings. The Hall–Kier alpha value is -2.85. The number of fused-ring (bicyclic) bond motifs is 1. The van der Waals surface area contributed by atoms with Gasteiger partial charge in [-0.2, -0.15) is 13.2 Å². The van der Waals surface area contributed by atoms with Crippen LogP contribution in [0.25, 0.3) is 11.0 Å². The molecule has 172 valence electrons. The van der Waals surface area contributed by atoms with E-state index >= 15 is 0 Å². The smallest absolute Gasteiger partial charge is 0.342 e. The predicted molar refractivity (Wildman–Crippen MR) is 124 cm³/mol. The van der Waals surface area contributed by atoms with E-state index in [4.69, 9.17) is 0 Å². The summed E-state index contributed by atoms with van der Waals surface area (Å²) in [5.41, 5.74) is 1.10. The second-order valence-corrected chi connectivity index (χ2v) is 9.19. The van der Waals surface area contributed by atoms with Gasteiger partial charge in [-0.1, -0.05) is 49.0 Å². The molecule has 33 heavy (non-hydrogen) atoms. The molecule has 4 rings (SSSR count). The van der Waals surface area contributed by atoms with Crippen LogP contribution in [0.4, 0.5) is 13.2 Å². The lowest BCUT2D eigenvalue weighted by Crippen LogP contribution is -2.30. The van der Waals surface area contributed by atoms with Crippen LogP contribution >= 0.6 is 23.1 Å². The number of halogens is 3. The van der Waals surface area contributed by atoms with Gasteiger partial charge in [0, 0.05) is 18.1 Å². The number of hydrogen-bond donors (Lipinski definition) is 1. The van der Waals surface area contributed by atoms with Gasteiger partial charge in [-0.15, -0.1) is 11.3 Å². The third-order valence-electron chi connectivity index (χ3n) is 4.96. The molecule has 1 unspecified atom stereocenters. The first-order chi connectivity index (χ1) is 15.9. The number of thioether (sulfide) groups is 1. The van der Waals surface area contributed by atoms with Gasteiger partial charge in [0.1, 0.15) is 11.0 Å². The quantitative estimate of drug-likeness (QED) is 0.312. The highest BCUT2D eigenvalue weighted by atomic mass is 32.2. The molecule has 1 amide bonds. The zero-order chi connectivity index (χ0) is 23.4. The van der Waals surface area contributed by atoms with Gasteiger partial charge >= 0.3 is 6.18 Å². The highest BCUT2D eigenvalue weighted by Crippen LogP contribution is 2.33. The van der Waals surface area contributed by atoms with Gasteiger partial charge in [0.25, 0.3) is 0 Å². The van der Waals surface area contributed by atoms with Crippen molar-refractivity contribution in [1.29, 1.82) is 0 Å². The largest absolute Gasteiger partial charge is 0.416 e. The van der Waals surface area contributed by atoms with Gasteiger partial charge in [-0.05, 0) is 30.2 Å². The lowest BCUT2D eigenvalue weighted by atomic mass is 10.1. The summed E-state index contributed by atoms with van der Waals surface area (Å²) in [7, 11) is 0. The van der Waals surface area contributed by atoms with Crippen LogP contribution < -0.4 is 5.32 Å². The molecule has 0 saturated carbocycles. The first kappa shape index (κ1) is 23.3. The van der Waals surface area contributed by atoms with Crippen LogP contribution in [0.5, 0.6) is 0 Å². The number of thiazole rings is 1. The van der Waals surface area contributed by atoms with E-state index in [1.54, 1.807) is 10.8 Å². The highest BCUT2D eigenvalue weighted by molar-refractivity contribution is 7.99. The zero-order valence-corrected chi connectivity index (χ0v) is 19.3. The van der Waals surface area contributed by atoms with Crippen molar-refractivity contribution < 1.29 is 18.0 Å². The van der Waals surface area contributed by atoms with E-state index in [1.807, 2.05) is 42.6 Å². The van der Waals surface area contributed by atoms with Crippen LogP contribution in [0, 0.1) is 0 Å². The molecule has 2 aromatic heterocycles. The summed E-state index contributed by atoms with van der Waals surface area (Å²) in [6.07, 6.45) is -2.01. The normalized spacial score (nSPS) is 12.7. The molecule has 0 saturated heterocycles. The van der Waals surface area contributed by atoms with Crippen molar-refractivity contribution in [3.05, 3.63) is 76.2 Å². The van der Waals surface area contributed by atoms with E-state index in [9.17, 15) is 18.0 Å². The first-order valence-electron chi connectivity index (χ1n) is 10.3. The number of nitrogens with zero attached hydrogens (tertiary/aromatic N) is 3. The van der Waals surface area contributed by atoms with Crippen LogP contribution in [0.1, 0.15) is 35.5 Å². The summed E-state index contributed by atoms with van der Waals surface area (Å²) in [6.45, 7) is 2.45. The number of rotatable bonds is 8. The fourth-order valence-electron chi connectivity index (χ4n) is 3.47. The molecule has 0 aliphatic carbocycles. The molecule has 2 heterocycles. The number of aryl methyl sites for hydroxylation is 1. The molecule has 1 N–H and O–H groups in total. The van der Waals surface area contributed by atoms with Crippen molar-refractivity contribution in [2.24, 2.45) is 0 Å². The Labute approximate surface area is 197 Å². The van der Waals surface area contributed by atoms with Crippen molar-refractivity contribution >= 4 is 40.0 Å². The molecular formula is C23H21F3N4OS2. The average Bonchev–Trinajstić information content (AvgIpc) is 3.44. The van der Waals surface area contributed by atoms with Crippen molar-refractivity contribution in [2.75, 3.05) is 5.75 Å². The summed E-state index contributed by atoms with van der Waals surface area (Å²) < 4.78 is 41.3. The molecular weight excluding hydrogens is 469 g/mol. The number of imidazole rings is 1. The average molecular weight is 491 g/mol. The summed E-state index contributed by atoms with van der Waals surface area (Å²) in [5.74, 6) is -0.136. The van der Waals surface area contributed by atoms with Crippen LogP contribution in [0.2, 0.25) is 0 Å². The molecule has 10 heteroatoms. The van der Waals surface area contributed by atoms with Crippen molar-refractivity contribution in [2.45, 2.75) is 37.3 Å². The number of nitrogens with one attached hydrogen (secondary N) is 1. The Bertz CT molecular complexity index is 1220. The molecule has 2 aromatic carbocycles. The maximum absolute atomic E-state index is 13.2. The van der Waals surface area contributed by atoms with E-state index in [0.717, 1.165) is 29.1 Å². The molecule has 0 radical (unpaired) electrons. The monoisotopic (exact) mass is 490 g/mol. The molecule has 0 aliphatic heterocycles. The van der Waals surface area contributed by atoms with Gasteiger partial charge in [0.15, 0.2) is 5.16 Å². The van der Waals surface area contributed by atoms with Gasteiger partial charge in [-0.3, -0.25) is 4.79 Å². The van der Waals surface area contributed by atoms with Gasteiger partial charge in [0.05, 0.1) is 22.3 Å². The predicted octanol–water partition coefficient (Wildman–Crippen LogP) is 5.92. The number of carbonyl (C=O) groups is 1. The Morgan fingerprint density at radius 2 is 2.00 bits per heavy atom. The summed E-state index contributed by atoms with van der Waals surface area (Å²) in [5, 5.41) is 6.17. The zero-order valence-electron chi connectivity index (χ0n) is 17.7. The first-order valence-corrected chi connectivity index (χ1v) is 12.2. The van der Waals surface area contributed by atoms with Gasteiger partial charge < -0.3 is 9.88 Å². The summed E-state index contributed by atoms with van der Waals surface area (Å²) in [6, 6.07) is 12.7. The fourth-order valence-corrected chi connectivity index (χ4v) is 5.04. The van der Waals surface area contributed by atoms with E-state index in [0.29, 0.717) is 22.7 Å². The standard InChI is InChI=1S/C23H21F3N4OS2/c1-2-11-30-18-13-16(23(24,25)26)8-9-17(18)28-22(30)33-14-19(31)29-20(21-27-10-12-32-21)15-6-4-3-5-7-15/h3-10,12-13,20H,2,11,14H2,1H3,(H,29,31). The minimum absolute atomic E-state index is 0.0773. The van der Waals surface area contributed by atoms with E-state index < -0.39 is 11.7 Å². The van der Waals surface area contributed by atoms with Crippen molar-refractivity contribution in [3.8, 4) is 0 Å². The van der Waals surface area contributed by atoms with Crippen LogP contribution in [-0.2, 0) is 17.5 Å².